The van der Waals surface area contributed by atoms with E-state index in [9.17, 15) is 4.79 Å². The molecule has 66 valence electrons. The van der Waals surface area contributed by atoms with Gasteiger partial charge in [-0.3, -0.25) is 4.79 Å². The Hall–Kier alpha value is -0.830. The third-order valence-electron chi connectivity index (χ3n) is 1.09. The molecular weight excluding hydrogens is 140 g/mol. The fourth-order valence-electron chi connectivity index (χ4n) is 0.604. The van der Waals surface area contributed by atoms with Crippen molar-refractivity contribution >= 4 is 5.91 Å². The molecule has 0 fully saturated rings. The lowest BCUT2D eigenvalue weighted by Crippen LogP contribution is -2.20. The van der Waals surface area contributed by atoms with Crippen LogP contribution in [0.4, 0.5) is 0 Å². The molecule has 0 unspecified atom stereocenters. The topological polar surface area (TPSA) is 32.3 Å². The van der Waals surface area contributed by atoms with Crippen molar-refractivity contribution in [1.82, 2.24) is 10.2 Å². The number of hydrogen-bond donors (Lipinski definition) is 1. The minimum absolute atomic E-state index is 0. The summed E-state index contributed by atoms with van der Waals surface area (Å²) in [6, 6.07) is 0. The number of hydrogen-bond acceptors (Lipinski definition) is 2. The summed E-state index contributed by atoms with van der Waals surface area (Å²) in [5.41, 5.74) is 0. The average molecular weight is 158 g/mol. The van der Waals surface area contributed by atoms with Gasteiger partial charge in [-0.05, 0) is 21.0 Å². The number of likely N-dealkylation sites (N-methyl/N-ethyl adjacent to an activating group) is 2. The highest BCUT2D eigenvalue weighted by Crippen LogP contribution is 1.77. The molecule has 1 N–H and O–H groups in total. The molecular formula is C8H18N2O. The van der Waals surface area contributed by atoms with Crippen LogP contribution in [0.5, 0.6) is 0 Å². The highest BCUT2D eigenvalue weighted by Gasteiger charge is 1.89. The van der Waals surface area contributed by atoms with Crippen LogP contribution in [-0.2, 0) is 4.79 Å². The van der Waals surface area contributed by atoms with Gasteiger partial charge in [-0.15, -0.1) is 0 Å². The molecule has 0 radical (unpaired) electrons. The SMILES string of the molecule is CCNC(=O)/C=C/CN(C)C.[HH]. The van der Waals surface area contributed by atoms with E-state index in [4.69, 9.17) is 0 Å². The maximum absolute atomic E-state index is 10.8. The average Bonchev–Trinajstić information content (AvgIpc) is 1.87. The molecule has 0 spiro atoms. The second-order valence-electron chi connectivity index (χ2n) is 2.56. The molecule has 0 atom stereocenters. The van der Waals surface area contributed by atoms with Crippen molar-refractivity contribution in [3.05, 3.63) is 12.2 Å². The first kappa shape index (κ1) is 10.2. The summed E-state index contributed by atoms with van der Waals surface area (Å²) in [5, 5.41) is 2.67. The minimum Gasteiger partial charge on any atom is -0.353 e. The molecule has 0 bridgehead atoms. The van der Waals surface area contributed by atoms with Gasteiger partial charge in [0, 0.05) is 20.6 Å². The fraction of sp³-hybridized carbons (Fsp3) is 0.625. The van der Waals surface area contributed by atoms with Crippen LogP contribution < -0.4 is 5.32 Å². The lowest BCUT2D eigenvalue weighted by molar-refractivity contribution is -0.116. The largest absolute Gasteiger partial charge is 0.353 e. The van der Waals surface area contributed by atoms with Crippen LogP contribution in [0.3, 0.4) is 0 Å². The zero-order chi connectivity index (χ0) is 8.69. The van der Waals surface area contributed by atoms with Gasteiger partial charge in [-0.2, -0.15) is 0 Å². The number of nitrogens with zero attached hydrogens (tertiary/aromatic N) is 1. The molecule has 3 nitrogen and oxygen atoms in total. The molecule has 0 rings (SSSR count). The number of rotatable bonds is 4. The predicted molar refractivity (Wildman–Crippen MR) is 48.5 cm³/mol. The van der Waals surface area contributed by atoms with Crippen LogP contribution in [0.1, 0.15) is 8.35 Å². The first-order valence-corrected chi connectivity index (χ1v) is 3.76. The van der Waals surface area contributed by atoms with Crippen molar-refractivity contribution in [2.45, 2.75) is 6.92 Å². The number of amides is 1. The van der Waals surface area contributed by atoms with E-state index in [0.717, 1.165) is 6.54 Å². The van der Waals surface area contributed by atoms with Crippen LogP contribution in [-0.4, -0.2) is 38.0 Å². The summed E-state index contributed by atoms with van der Waals surface area (Å²) in [7, 11) is 3.92. The number of carbonyl (C=O) groups excluding carboxylic acids is 1. The molecule has 1 amide bonds. The summed E-state index contributed by atoms with van der Waals surface area (Å²) in [5.74, 6) is -0.0191. The lowest BCUT2D eigenvalue weighted by Gasteiger charge is -2.03. The van der Waals surface area contributed by atoms with E-state index >= 15 is 0 Å². The summed E-state index contributed by atoms with van der Waals surface area (Å²) in [6.07, 6.45) is 3.40. The third-order valence-corrected chi connectivity index (χ3v) is 1.09. The van der Waals surface area contributed by atoms with Crippen molar-refractivity contribution < 1.29 is 6.22 Å². The normalized spacial score (nSPS) is 10.9. The Bertz CT molecular complexity index is 146. The second kappa shape index (κ2) is 5.92. The van der Waals surface area contributed by atoms with E-state index in [2.05, 4.69) is 5.32 Å². The third kappa shape index (κ3) is 7.06. The standard InChI is InChI=1S/C8H16N2O.H2/c1-4-9-8(11)6-5-7-10(2)3;/h5-6H,4,7H2,1-3H3,(H,9,11);1H/b6-5+;. The van der Waals surface area contributed by atoms with Gasteiger partial charge in [0.15, 0.2) is 0 Å². The van der Waals surface area contributed by atoms with Gasteiger partial charge in [-0.25, -0.2) is 0 Å². The smallest absolute Gasteiger partial charge is 0.243 e. The van der Waals surface area contributed by atoms with Crippen LogP contribution in [0.25, 0.3) is 0 Å². The van der Waals surface area contributed by atoms with Gasteiger partial charge in [0.25, 0.3) is 0 Å². The molecule has 0 aromatic rings. The summed E-state index contributed by atoms with van der Waals surface area (Å²) in [6.45, 7) is 3.39. The van der Waals surface area contributed by atoms with E-state index in [-0.39, 0.29) is 7.33 Å². The molecule has 3 heteroatoms. The van der Waals surface area contributed by atoms with E-state index < -0.39 is 0 Å². The first-order valence-electron chi connectivity index (χ1n) is 3.76. The summed E-state index contributed by atoms with van der Waals surface area (Å²) in [4.78, 5) is 12.8. The van der Waals surface area contributed by atoms with Crippen LogP contribution >= 0.6 is 0 Å². The van der Waals surface area contributed by atoms with E-state index in [1.54, 1.807) is 6.08 Å². The zero-order valence-electron chi connectivity index (χ0n) is 7.42. The quantitative estimate of drug-likeness (QED) is 0.604. The molecule has 0 heterocycles. The summed E-state index contributed by atoms with van der Waals surface area (Å²) >= 11 is 0. The van der Waals surface area contributed by atoms with Crippen molar-refractivity contribution in [1.29, 1.82) is 0 Å². The van der Waals surface area contributed by atoms with Gasteiger partial charge in [-0.1, -0.05) is 6.08 Å². The minimum atomic E-state index is -0.0191. The van der Waals surface area contributed by atoms with Crippen LogP contribution in [0.2, 0.25) is 0 Å². The van der Waals surface area contributed by atoms with Crippen molar-refractivity contribution in [3.8, 4) is 0 Å². The van der Waals surface area contributed by atoms with Gasteiger partial charge in [0.1, 0.15) is 0 Å². The lowest BCUT2D eigenvalue weighted by atomic mass is 10.4. The summed E-state index contributed by atoms with van der Waals surface area (Å²) < 4.78 is 0. The Morgan fingerprint density at radius 3 is 2.73 bits per heavy atom. The Labute approximate surface area is 69.6 Å². The van der Waals surface area contributed by atoms with E-state index in [1.807, 2.05) is 32.0 Å². The molecule has 0 aliphatic carbocycles. The molecule has 0 aromatic carbocycles. The van der Waals surface area contributed by atoms with Gasteiger partial charge in [0.2, 0.25) is 5.91 Å². The van der Waals surface area contributed by atoms with Crippen molar-refractivity contribution in [2.75, 3.05) is 27.2 Å². The van der Waals surface area contributed by atoms with Gasteiger partial charge in [0.05, 0.1) is 0 Å². The van der Waals surface area contributed by atoms with Gasteiger partial charge < -0.3 is 10.2 Å². The fourth-order valence-corrected chi connectivity index (χ4v) is 0.604. The van der Waals surface area contributed by atoms with Crippen molar-refractivity contribution in [3.63, 3.8) is 0 Å². The van der Waals surface area contributed by atoms with E-state index in [0.29, 0.717) is 6.54 Å². The highest BCUT2D eigenvalue weighted by atomic mass is 16.1. The second-order valence-corrected chi connectivity index (χ2v) is 2.56. The molecule has 0 saturated heterocycles. The Morgan fingerprint density at radius 2 is 2.27 bits per heavy atom. The number of nitrogens with one attached hydrogen (secondary N) is 1. The molecule has 0 aliphatic rings. The maximum atomic E-state index is 10.8. The predicted octanol–water partition coefficient (Wildman–Crippen LogP) is 0.486. The zero-order valence-corrected chi connectivity index (χ0v) is 7.42. The monoisotopic (exact) mass is 158 g/mol. The van der Waals surface area contributed by atoms with E-state index in [1.165, 1.54) is 0 Å². The number of carbonyl (C=O) groups is 1. The Kier molecular flexibility index (Phi) is 5.47. The van der Waals surface area contributed by atoms with Crippen LogP contribution in [0.15, 0.2) is 12.2 Å². The molecule has 11 heavy (non-hydrogen) atoms. The Balaban J connectivity index is 0. The van der Waals surface area contributed by atoms with Crippen LogP contribution in [0, 0.1) is 0 Å². The van der Waals surface area contributed by atoms with Gasteiger partial charge >= 0.3 is 0 Å². The Morgan fingerprint density at radius 1 is 1.64 bits per heavy atom. The molecule has 0 aliphatic heterocycles. The van der Waals surface area contributed by atoms with Crippen molar-refractivity contribution in [2.24, 2.45) is 0 Å². The maximum Gasteiger partial charge on any atom is 0.243 e. The molecule has 0 saturated carbocycles. The molecule has 0 aromatic heterocycles. The highest BCUT2D eigenvalue weighted by molar-refractivity contribution is 5.87. The first-order chi connectivity index (χ1) is 5.16.